The van der Waals surface area contributed by atoms with Crippen LogP contribution in [0, 0.1) is 0 Å². The van der Waals surface area contributed by atoms with Gasteiger partial charge in [-0.1, -0.05) is 12.1 Å². The summed E-state index contributed by atoms with van der Waals surface area (Å²) in [6.07, 6.45) is -3.76. The Morgan fingerprint density at radius 2 is 2.10 bits per heavy atom. The summed E-state index contributed by atoms with van der Waals surface area (Å²) in [6.45, 7) is 0.469. The summed E-state index contributed by atoms with van der Waals surface area (Å²) in [6, 6.07) is 6.83. The zero-order valence-electron chi connectivity index (χ0n) is 10.6. The zero-order valence-corrected chi connectivity index (χ0v) is 10.6. The van der Waals surface area contributed by atoms with E-state index in [1.165, 1.54) is 4.68 Å². The molecule has 1 atom stereocenters. The van der Waals surface area contributed by atoms with E-state index in [9.17, 15) is 13.2 Å². The van der Waals surface area contributed by atoms with E-state index in [1.54, 1.807) is 24.3 Å². The van der Waals surface area contributed by atoms with Crippen molar-refractivity contribution in [2.45, 2.75) is 31.5 Å². The van der Waals surface area contributed by atoms with Crippen molar-refractivity contribution in [1.29, 1.82) is 0 Å². The van der Waals surface area contributed by atoms with Crippen molar-refractivity contribution in [3.05, 3.63) is 30.1 Å². The van der Waals surface area contributed by atoms with Gasteiger partial charge < -0.3 is 5.73 Å². The molecule has 106 valence electrons. The third-order valence-corrected chi connectivity index (χ3v) is 3.41. The third-order valence-electron chi connectivity index (χ3n) is 3.41. The van der Waals surface area contributed by atoms with Gasteiger partial charge in [0.2, 0.25) is 0 Å². The van der Waals surface area contributed by atoms with E-state index < -0.39 is 12.1 Å². The highest BCUT2D eigenvalue weighted by molar-refractivity contribution is 5.60. The number of nitrogen functional groups attached to an aromatic ring is 1. The molecule has 1 aromatic heterocycles. The fourth-order valence-electron chi connectivity index (χ4n) is 2.46. The molecule has 0 saturated heterocycles. The lowest BCUT2D eigenvalue weighted by Gasteiger charge is -2.23. The predicted molar refractivity (Wildman–Crippen MR) is 67.9 cm³/mol. The molecule has 4 nitrogen and oxygen atoms in total. The molecule has 0 fully saturated rings. The Morgan fingerprint density at radius 1 is 1.30 bits per heavy atom. The number of aromatic nitrogens is 3. The van der Waals surface area contributed by atoms with Crippen LogP contribution in [0.5, 0.6) is 0 Å². The maximum atomic E-state index is 13.0. The molecule has 2 aromatic rings. The summed E-state index contributed by atoms with van der Waals surface area (Å²) in [5.74, 6) is -1.23. The second-order valence-electron chi connectivity index (χ2n) is 4.88. The number of hydrogen-bond donors (Lipinski definition) is 1. The first-order chi connectivity index (χ1) is 9.45. The molecule has 0 aliphatic carbocycles. The molecule has 0 saturated carbocycles. The van der Waals surface area contributed by atoms with E-state index in [1.807, 2.05) is 0 Å². The van der Waals surface area contributed by atoms with E-state index in [2.05, 4.69) is 10.1 Å². The van der Waals surface area contributed by atoms with Crippen LogP contribution in [0.25, 0.3) is 11.4 Å². The van der Waals surface area contributed by atoms with Crippen molar-refractivity contribution in [1.82, 2.24) is 14.8 Å². The van der Waals surface area contributed by atoms with Gasteiger partial charge in [-0.15, -0.1) is 0 Å². The van der Waals surface area contributed by atoms with Gasteiger partial charge in [-0.2, -0.15) is 18.3 Å². The van der Waals surface area contributed by atoms with Crippen LogP contribution in [-0.2, 0) is 6.54 Å². The second kappa shape index (κ2) is 4.50. The first-order valence-electron chi connectivity index (χ1n) is 6.32. The van der Waals surface area contributed by atoms with Crippen molar-refractivity contribution in [3.8, 4) is 11.4 Å². The molecule has 1 aliphatic heterocycles. The van der Waals surface area contributed by atoms with Gasteiger partial charge >= 0.3 is 6.18 Å². The summed E-state index contributed by atoms with van der Waals surface area (Å²) >= 11 is 0. The van der Waals surface area contributed by atoms with Crippen LogP contribution >= 0.6 is 0 Å². The monoisotopic (exact) mass is 282 g/mol. The molecule has 3 rings (SSSR count). The molecule has 2 N–H and O–H groups in total. The highest BCUT2D eigenvalue weighted by atomic mass is 19.4. The van der Waals surface area contributed by atoms with Gasteiger partial charge in [0.1, 0.15) is 11.7 Å². The van der Waals surface area contributed by atoms with E-state index in [-0.39, 0.29) is 12.2 Å². The highest BCUT2D eigenvalue weighted by Crippen LogP contribution is 2.40. The zero-order chi connectivity index (χ0) is 14.3. The number of benzene rings is 1. The van der Waals surface area contributed by atoms with Crippen LogP contribution in [0.3, 0.4) is 0 Å². The summed E-state index contributed by atoms with van der Waals surface area (Å²) in [5.41, 5.74) is 6.83. The maximum Gasteiger partial charge on any atom is 0.398 e. The number of nitrogens with zero attached hydrogens (tertiary/aromatic N) is 3. The number of alkyl halides is 3. The quantitative estimate of drug-likeness (QED) is 0.818. The number of anilines is 1. The van der Waals surface area contributed by atoms with E-state index in [4.69, 9.17) is 5.73 Å². The first kappa shape index (κ1) is 13.0. The molecule has 1 unspecified atom stereocenters. The van der Waals surface area contributed by atoms with E-state index in [0.29, 0.717) is 30.0 Å². The number of hydrogen-bond acceptors (Lipinski definition) is 3. The predicted octanol–water partition coefficient (Wildman–Crippen LogP) is 2.97. The Kier molecular flexibility index (Phi) is 2.92. The summed E-state index contributed by atoms with van der Waals surface area (Å²) in [7, 11) is 0. The van der Waals surface area contributed by atoms with E-state index >= 15 is 0 Å². The first-order valence-corrected chi connectivity index (χ1v) is 6.32. The third kappa shape index (κ3) is 2.23. The Hall–Kier alpha value is -2.05. The van der Waals surface area contributed by atoms with Gasteiger partial charge in [-0.25, -0.2) is 9.67 Å². The number of rotatable bonds is 1. The molecular formula is C13H13F3N4. The van der Waals surface area contributed by atoms with Crippen molar-refractivity contribution in [3.63, 3.8) is 0 Å². The maximum absolute atomic E-state index is 13.0. The SMILES string of the molecule is Nc1cccc(-c2nc3n(n2)CCCC3C(F)(F)F)c1. The van der Waals surface area contributed by atoms with Crippen LogP contribution in [0.1, 0.15) is 24.6 Å². The fraction of sp³-hybridized carbons (Fsp3) is 0.385. The highest BCUT2D eigenvalue weighted by Gasteiger charge is 2.45. The Morgan fingerprint density at radius 3 is 2.80 bits per heavy atom. The normalized spacial score (nSPS) is 18.9. The topological polar surface area (TPSA) is 56.7 Å². The van der Waals surface area contributed by atoms with Gasteiger partial charge in [-0.3, -0.25) is 0 Å². The van der Waals surface area contributed by atoms with Crippen molar-refractivity contribution in [2.24, 2.45) is 0 Å². The molecular weight excluding hydrogens is 269 g/mol. The fourth-order valence-corrected chi connectivity index (χ4v) is 2.46. The average Bonchev–Trinajstić information content (AvgIpc) is 2.81. The summed E-state index contributed by atoms with van der Waals surface area (Å²) < 4.78 is 40.3. The van der Waals surface area contributed by atoms with Crippen LogP contribution in [-0.4, -0.2) is 20.9 Å². The second-order valence-corrected chi connectivity index (χ2v) is 4.88. The largest absolute Gasteiger partial charge is 0.399 e. The molecule has 0 bridgehead atoms. The van der Waals surface area contributed by atoms with Crippen LogP contribution < -0.4 is 5.73 Å². The molecule has 0 spiro atoms. The minimum absolute atomic E-state index is 0.00109. The minimum atomic E-state index is -4.28. The molecule has 20 heavy (non-hydrogen) atoms. The lowest BCUT2D eigenvalue weighted by atomic mass is 9.99. The average molecular weight is 282 g/mol. The van der Waals surface area contributed by atoms with Crippen molar-refractivity contribution < 1.29 is 13.2 Å². The molecule has 2 heterocycles. The Labute approximate surface area is 113 Å². The Bertz CT molecular complexity index is 633. The molecule has 0 radical (unpaired) electrons. The molecule has 0 amide bonds. The molecule has 1 aromatic carbocycles. The summed E-state index contributed by atoms with van der Waals surface area (Å²) in [4.78, 5) is 4.09. The smallest absolute Gasteiger partial charge is 0.398 e. The van der Waals surface area contributed by atoms with Gasteiger partial charge in [0.15, 0.2) is 5.82 Å². The lowest BCUT2D eigenvalue weighted by molar-refractivity contribution is -0.156. The summed E-state index contributed by atoms with van der Waals surface area (Å²) in [5, 5.41) is 4.18. The number of nitrogens with two attached hydrogens (primary N) is 1. The van der Waals surface area contributed by atoms with Gasteiger partial charge in [0.05, 0.1) is 0 Å². The van der Waals surface area contributed by atoms with Crippen LogP contribution in [0.2, 0.25) is 0 Å². The Balaban J connectivity index is 2.04. The van der Waals surface area contributed by atoms with Crippen molar-refractivity contribution >= 4 is 5.69 Å². The lowest BCUT2D eigenvalue weighted by Crippen LogP contribution is -2.28. The minimum Gasteiger partial charge on any atom is -0.399 e. The number of halogens is 3. The van der Waals surface area contributed by atoms with Crippen LogP contribution in [0.15, 0.2) is 24.3 Å². The van der Waals surface area contributed by atoms with Gasteiger partial charge in [-0.05, 0) is 25.0 Å². The van der Waals surface area contributed by atoms with Crippen LogP contribution in [0.4, 0.5) is 18.9 Å². The molecule has 1 aliphatic rings. The van der Waals surface area contributed by atoms with Gasteiger partial charge in [0.25, 0.3) is 0 Å². The van der Waals surface area contributed by atoms with Gasteiger partial charge in [0, 0.05) is 17.8 Å². The van der Waals surface area contributed by atoms with E-state index in [0.717, 1.165) is 0 Å². The number of fused-ring (bicyclic) bond motifs is 1. The standard InChI is InChI=1S/C13H13F3N4/c14-13(15,16)10-5-2-6-20-12(10)18-11(19-20)8-3-1-4-9(17)7-8/h1,3-4,7,10H,2,5-6,17H2. The van der Waals surface area contributed by atoms with Crippen molar-refractivity contribution in [2.75, 3.05) is 5.73 Å². The molecule has 7 heteroatoms. The number of aryl methyl sites for hydroxylation is 1.